The van der Waals surface area contributed by atoms with Crippen molar-refractivity contribution in [2.75, 3.05) is 6.61 Å². The monoisotopic (exact) mass is 434 g/mol. The summed E-state index contributed by atoms with van der Waals surface area (Å²) < 4.78 is 0. The first kappa shape index (κ1) is 22.2. The summed E-state index contributed by atoms with van der Waals surface area (Å²) in [5, 5.41) is 20.9. The molecule has 0 heterocycles. The maximum absolute atomic E-state index is 12.5. The number of hydrogen-bond acceptors (Lipinski definition) is 3. The van der Waals surface area contributed by atoms with Crippen LogP contribution in [0.15, 0.2) is 30.3 Å². The second kappa shape index (κ2) is 8.00. The molecule has 0 spiro atoms. The van der Waals surface area contributed by atoms with Gasteiger partial charge in [-0.05, 0) is 104 Å². The molecule has 0 amide bonds. The van der Waals surface area contributed by atoms with Gasteiger partial charge >= 0.3 is 0 Å². The second-order valence-electron chi connectivity index (χ2n) is 11.8. The summed E-state index contributed by atoms with van der Waals surface area (Å²) in [5.41, 5.74) is 0.435. The van der Waals surface area contributed by atoms with Gasteiger partial charge in [-0.3, -0.25) is 4.79 Å². The summed E-state index contributed by atoms with van der Waals surface area (Å²) in [6.07, 6.45) is 9.37. The molecule has 1 aromatic rings. The molecule has 0 radical (unpaired) electrons. The van der Waals surface area contributed by atoms with Gasteiger partial charge in [0.1, 0.15) is 12.2 Å². The van der Waals surface area contributed by atoms with Crippen molar-refractivity contribution >= 4 is 5.78 Å². The van der Waals surface area contributed by atoms with Crippen molar-refractivity contribution in [2.45, 2.75) is 77.2 Å². The number of rotatable bonds is 2. The first-order chi connectivity index (χ1) is 15.3. The van der Waals surface area contributed by atoms with Crippen LogP contribution in [0.4, 0.5) is 0 Å². The quantitative estimate of drug-likeness (QED) is 0.645. The van der Waals surface area contributed by atoms with E-state index in [0.717, 1.165) is 50.5 Å². The van der Waals surface area contributed by atoms with Gasteiger partial charge in [0.25, 0.3) is 0 Å². The molecule has 1 aromatic carbocycles. The Hall–Kier alpha value is -1.63. The maximum atomic E-state index is 12.5. The number of carbonyl (C=O) groups excluding carboxylic acids is 1. The fraction of sp³-hybridized carbons (Fsp3) is 0.690. The molecule has 4 aliphatic carbocycles. The first-order valence-electron chi connectivity index (χ1n) is 12.7. The molecule has 0 saturated heterocycles. The lowest BCUT2D eigenvalue weighted by Crippen LogP contribution is -2.56. The topological polar surface area (TPSA) is 57.5 Å². The van der Waals surface area contributed by atoms with Crippen LogP contribution < -0.4 is 0 Å². The molecule has 4 fully saturated rings. The zero-order valence-electron chi connectivity index (χ0n) is 19.6. The molecule has 5 rings (SSSR count). The molecular weight excluding hydrogens is 396 g/mol. The average molecular weight is 435 g/mol. The summed E-state index contributed by atoms with van der Waals surface area (Å²) in [6.45, 7) is 4.53. The average Bonchev–Trinajstić information content (AvgIpc) is 3.16. The van der Waals surface area contributed by atoms with E-state index >= 15 is 0 Å². The highest BCUT2D eigenvalue weighted by molar-refractivity contribution is 5.83. The Morgan fingerprint density at radius 1 is 0.969 bits per heavy atom. The molecule has 32 heavy (non-hydrogen) atoms. The van der Waals surface area contributed by atoms with Crippen LogP contribution >= 0.6 is 0 Å². The molecule has 2 N–H and O–H groups in total. The Morgan fingerprint density at radius 2 is 1.72 bits per heavy atom. The Bertz CT molecular complexity index is 929. The molecular formula is C29H38O3. The largest absolute Gasteiger partial charge is 0.389 e. The third kappa shape index (κ3) is 3.46. The molecule has 3 nitrogen and oxygen atoms in total. The van der Waals surface area contributed by atoms with Crippen molar-refractivity contribution in [3.05, 3.63) is 35.9 Å². The predicted molar refractivity (Wildman–Crippen MR) is 126 cm³/mol. The predicted octanol–water partition coefficient (Wildman–Crippen LogP) is 4.99. The molecule has 0 aliphatic heterocycles. The van der Waals surface area contributed by atoms with Crippen molar-refractivity contribution < 1.29 is 15.0 Å². The minimum Gasteiger partial charge on any atom is -0.389 e. The van der Waals surface area contributed by atoms with E-state index in [1.54, 1.807) is 0 Å². The number of Topliss-reactive ketones (excluding diaryl/α,β-unsaturated/α-hetero) is 1. The Morgan fingerprint density at radius 3 is 2.47 bits per heavy atom. The lowest BCUT2D eigenvalue weighted by molar-refractivity contribution is -0.146. The zero-order chi connectivity index (χ0) is 22.6. The van der Waals surface area contributed by atoms with Crippen molar-refractivity contribution in [1.29, 1.82) is 0 Å². The van der Waals surface area contributed by atoms with Crippen molar-refractivity contribution in [3.63, 3.8) is 0 Å². The number of ketones is 1. The fourth-order valence-electron chi connectivity index (χ4n) is 8.71. The normalized spacial score (nSPS) is 45.1. The molecule has 4 aliphatic rings. The highest BCUT2D eigenvalue weighted by Crippen LogP contribution is 2.68. The van der Waals surface area contributed by atoms with E-state index in [0.29, 0.717) is 23.7 Å². The SMILES string of the molecule is C[C@]12CC[C@H]3[C@@H](CCC4CC(O)(C#Cc5ccccc5)CC[C@@]43C)[C@@H]1CC[C@@H]2C(=O)CO. The van der Waals surface area contributed by atoms with Crippen LogP contribution in [0.2, 0.25) is 0 Å². The van der Waals surface area contributed by atoms with Gasteiger partial charge in [0.15, 0.2) is 5.78 Å². The Labute approximate surface area is 193 Å². The van der Waals surface area contributed by atoms with E-state index in [1.807, 2.05) is 30.3 Å². The van der Waals surface area contributed by atoms with Crippen LogP contribution in [-0.2, 0) is 4.79 Å². The highest BCUT2D eigenvalue weighted by Gasteiger charge is 2.61. The molecule has 4 saturated carbocycles. The van der Waals surface area contributed by atoms with Crippen LogP contribution in [0.25, 0.3) is 0 Å². The zero-order valence-corrected chi connectivity index (χ0v) is 19.6. The van der Waals surface area contributed by atoms with Gasteiger partial charge in [0.2, 0.25) is 0 Å². The number of aliphatic hydroxyl groups is 2. The standard InChI is InChI=1S/C29H38O3/c1-27-16-17-29(32,15-12-20-6-4-3-5-7-20)18-21(27)8-9-22-23-10-11-25(26(31)19-30)28(23,2)14-13-24(22)27/h3-7,21-25,30,32H,8-11,13-14,16-19H2,1-2H3/t21?,22-,23-,24-,25+,27-,28-,29?/m0/s1. The van der Waals surface area contributed by atoms with Gasteiger partial charge in [0.05, 0.1) is 0 Å². The number of carbonyl (C=O) groups is 1. The summed E-state index contributed by atoms with van der Waals surface area (Å²) in [4.78, 5) is 12.5. The highest BCUT2D eigenvalue weighted by atomic mass is 16.3. The van der Waals surface area contributed by atoms with Gasteiger partial charge in [-0.25, -0.2) is 0 Å². The number of hydrogen-bond donors (Lipinski definition) is 2. The van der Waals surface area contributed by atoms with E-state index in [2.05, 4.69) is 25.7 Å². The smallest absolute Gasteiger partial charge is 0.161 e. The Kier molecular flexibility index (Phi) is 5.54. The van der Waals surface area contributed by atoms with Crippen molar-refractivity contribution in [1.82, 2.24) is 0 Å². The van der Waals surface area contributed by atoms with Gasteiger partial charge in [-0.2, -0.15) is 0 Å². The van der Waals surface area contributed by atoms with E-state index in [4.69, 9.17) is 0 Å². The number of aliphatic hydroxyl groups excluding tert-OH is 1. The molecule has 0 bridgehead atoms. The van der Waals surface area contributed by atoms with Crippen molar-refractivity contribution in [3.8, 4) is 11.8 Å². The van der Waals surface area contributed by atoms with Crippen molar-refractivity contribution in [2.24, 2.45) is 40.4 Å². The molecule has 172 valence electrons. The van der Waals surface area contributed by atoms with E-state index in [9.17, 15) is 15.0 Å². The molecule has 3 heteroatoms. The van der Waals surface area contributed by atoms with E-state index in [1.165, 1.54) is 12.8 Å². The molecule has 2 unspecified atom stereocenters. The minimum atomic E-state index is -0.873. The Balaban J connectivity index is 1.34. The van der Waals surface area contributed by atoms with Crippen LogP contribution in [0.1, 0.15) is 77.2 Å². The third-order valence-corrected chi connectivity index (χ3v) is 10.5. The van der Waals surface area contributed by atoms with E-state index < -0.39 is 5.60 Å². The summed E-state index contributed by atoms with van der Waals surface area (Å²) in [7, 11) is 0. The van der Waals surface area contributed by atoms with Gasteiger partial charge in [0, 0.05) is 11.5 Å². The van der Waals surface area contributed by atoms with Crippen LogP contribution in [0.5, 0.6) is 0 Å². The third-order valence-electron chi connectivity index (χ3n) is 10.5. The van der Waals surface area contributed by atoms with E-state index in [-0.39, 0.29) is 29.1 Å². The number of fused-ring (bicyclic) bond motifs is 5. The van der Waals surface area contributed by atoms with Crippen LogP contribution in [0.3, 0.4) is 0 Å². The number of benzene rings is 1. The second-order valence-corrected chi connectivity index (χ2v) is 11.8. The van der Waals surface area contributed by atoms with Crippen LogP contribution in [0, 0.1) is 52.3 Å². The van der Waals surface area contributed by atoms with Gasteiger partial charge < -0.3 is 10.2 Å². The summed E-state index contributed by atoms with van der Waals surface area (Å²) >= 11 is 0. The molecule has 0 aromatic heterocycles. The summed E-state index contributed by atoms with van der Waals surface area (Å²) in [5.74, 6) is 9.09. The molecule has 8 atom stereocenters. The first-order valence-corrected chi connectivity index (χ1v) is 12.7. The lowest BCUT2D eigenvalue weighted by Gasteiger charge is -2.61. The van der Waals surface area contributed by atoms with Crippen LogP contribution in [-0.4, -0.2) is 28.2 Å². The minimum absolute atomic E-state index is 0.0497. The van der Waals surface area contributed by atoms with Gasteiger partial charge in [-0.1, -0.05) is 43.9 Å². The summed E-state index contributed by atoms with van der Waals surface area (Å²) in [6, 6.07) is 9.98. The fourth-order valence-corrected chi connectivity index (χ4v) is 8.71. The van der Waals surface area contributed by atoms with Gasteiger partial charge in [-0.15, -0.1) is 0 Å². The maximum Gasteiger partial charge on any atom is 0.161 e. The lowest BCUT2D eigenvalue weighted by atomic mass is 9.44.